The molecule has 0 N–H and O–H groups in total. The highest BCUT2D eigenvalue weighted by molar-refractivity contribution is 7.90. The highest BCUT2D eigenvalue weighted by Gasteiger charge is 2.28. The van der Waals surface area contributed by atoms with Crippen molar-refractivity contribution >= 4 is 26.9 Å². The van der Waals surface area contributed by atoms with Gasteiger partial charge in [0.1, 0.15) is 11.4 Å². The van der Waals surface area contributed by atoms with Gasteiger partial charge in [0.15, 0.2) is 9.84 Å². The average Bonchev–Trinajstić information content (AvgIpc) is 2.85. The summed E-state index contributed by atoms with van der Waals surface area (Å²) in [6.07, 6.45) is 12.0. The Bertz CT molecular complexity index is 1240. The van der Waals surface area contributed by atoms with Gasteiger partial charge in [0.2, 0.25) is 0 Å². The Morgan fingerprint density at radius 1 is 1.06 bits per heavy atom. The maximum atomic E-state index is 11.9. The number of hydrogen-bond donors (Lipinski definition) is 0. The molecule has 0 radical (unpaired) electrons. The predicted molar refractivity (Wildman–Crippen MR) is 132 cm³/mol. The van der Waals surface area contributed by atoms with Gasteiger partial charge in [-0.2, -0.15) is 0 Å². The van der Waals surface area contributed by atoms with Crippen LogP contribution >= 0.6 is 0 Å². The van der Waals surface area contributed by atoms with E-state index in [9.17, 15) is 8.42 Å². The number of anilines is 3. The van der Waals surface area contributed by atoms with Crippen LogP contribution in [0.4, 0.5) is 17.1 Å². The van der Waals surface area contributed by atoms with Crippen LogP contribution in [-0.2, 0) is 9.84 Å². The van der Waals surface area contributed by atoms with Crippen LogP contribution in [0, 0.1) is 12.3 Å². The molecule has 3 aromatic rings. The van der Waals surface area contributed by atoms with E-state index >= 15 is 0 Å². The number of pyridine rings is 1. The van der Waals surface area contributed by atoms with E-state index in [1.807, 2.05) is 30.3 Å². The van der Waals surface area contributed by atoms with Crippen LogP contribution in [0.2, 0.25) is 0 Å². The topological polar surface area (TPSA) is 62.7 Å². The highest BCUT2D eigenvalue weighted by atomic mass is 32.2. The lowest BCUT2D eigenvalue weighted by Crippen LogP contribution is -2.43. The van der Waals surface area contributed by atoms with Crippen LogP contribution in [-0.4, -0.2) is 45.9 Å². The molecular weight excluding hydrogens is 434 g/mol. The number of ether oxygens (including phenoxy) is 1. The third-order valence-corrected chi connectivity index (χ3v) is 7.14. The van der Waals surface area contributed by atoms with Crippen LogP contribution in [0.1, 0.15) is 18.4 Å². The molecule has 0 saturated carbocycles. The molecular formula is C26H27N3O3S. The molecule has 1 fully saturated rings. The fraction of sp³-hybridized carbons (Fsp3) is 0.269. The summed E-state index contributed by atoms with van der Waals surface area (Å²) in [5, 5.41) is 0. The molecule has 0 aliphatic carbocycles. The Kier molecular flexibility index (Phi) is 6.57. The van der Waals surface area contributed by atoms with E-state index in [0.717, 1.165) is 54.3 Å². The highest BCUT2D eigenvalue weighted by Crippen LogP contribution is 2.38. The lowest BCUT2D eigenvalue weighted by atomic mass is 10.0. The van der Waals surface area contributed by atoms with E-state index in [2.05, 4.69) is 32.8 Å². The molecule has 7 heteroatoms. The van der Waals surface area contributed by atoms with Crippen molar-refractivity contribution in [3.63, 3.8) is 0 Å². The molecule has 2 aromatic carbocycles. The van der Waals surface area contributed by atoms with Gasteiger partial charge in [-0.05, 0) is 61.4 Å². The Morgan fingerprint density at radius 3 is 2.30 bits per heavy atom. The van der Waals surface area contributed by atoms with Crippen LogP contribution in [0.3, 0.4) is 0 Å². The minimum Gasteiger partial charge on any atom is -0.494 e. The molecule has 4 rings (SSSR count). The molecule has 1 aliphatic heterocycles. The number of piperidine rings is 1. The van der Waals surface area contributed by atoms with Crippen molar-refractivity contribution in [1.82, 2.24) is 4.98 Å². The van der Waals surface area contributed by atoms with Crippen molar-refractivity contribution in [3.8, 4) is 18.1 Å². The summed E-state index contributed by atoms with van der Waals surface area (Å²) >= 11 is 0. The molecule has 1 saturated heterocycles. The maximum absolute atomic E-state index is 11.9. The molecule has 6 nitrogen and oxygen atoms in total. The van der Waals surface area contributed by atoms with Gasteiger partial charge in [-0.15, -0.1) is 6.42 Å². The van der Waals surface area contributed by atoms with E-state index in [4.69, 9.17) is 11.2 Å². The van der Waals surface area contributed by atoms with Crippen LogP contribution in [0.15, 0.2) is 71.9 Å². The molecule has 2 heterocycles. The lowest BCUT2D eigenvalue weighted by molar-refractivity contribution is 0.411. The van der Waals surface area contributed by atoms with Gasteiger partial charge in [-0.1, -0.05) is 5.92 Å². The van der Waals surface area contributed by atoms with Crippen molar-refractivity contribution in [3.05, 3.63) is 72.6 Å². The molecule has 170 valence electrons. The van der Waals surface area contributed by atoms with Gasteiger partial charge >= 0.3 is 0 Å². The monoisotopic (exact) mass is 461 g/mol. The zero-order valence-electron chi connectivity index (χ0n) is 18.8. The zero-order chi connectivity index (χ0) is 23.4. The van der Waals surface area contributed by atoms with Gasteiger partial charge in [0, 0.05) is 54.6 Å². The molecule has 33 heavy (non-hydrogen) atoms. The fourth-order valence-electron chi connectivity index (χ4n) is 4.28. The fourth-order valence-corrected chi connectivity index (χ4v) is 4.91. The second kappa shape index (κ2) is 9.55. The maximum Gasteiger partial charge on any atom is 0.175 e. The van der Waals surface area contributed by atoms with Gasteiger partial charge in [-0.3, -0.25) is 4.98 Å². The third kappa shape index (κ3) is 4.96. The molecule has 0 unspecified atom stereocenters. The normalized spacial score (nSPS) is 14.5. The molecule has 1 aromatic heterocycles. The van der Waals surface area contributed by atoms with Gasteiger partial charge in [0.25, 0.3) is 0 Å². The third-order valence-electron chi connectivity index (χ3n) is 6.01. The number of aromatic nitrogens is 1. The number of sulfone groups is 1. The summed E-state index contributed by atoms with van der Waals surface area (Å²) in [7, 11) is -1.62. The number of benzene rings is 2. The average molecular weight is 462 g/mol. The summed E-state index contributed by atoms with van der Waals surface area (Å²) in [5.74, 6) is 3.39. The number of hydrogen-bond acceptors (Lipinski definition) is 6. The van der Waals surface area contributed by atoms with E-state index in [1.165, 1.54) is 6.26 Å². The van der Waals surface area contributed by atoms with Crippen LogP contribution < -0.4 is 14.5 Å². The van der Waals surface area contributed by atoms with Crippen LogP contribution in [0.25, 0.3) is 0 Å². The largest absolute Gasteiger partial charge is 0.494 e. The number of rotatable bonds is 6. The van der Waals surface area contributed by atoms with Crippen molar-refractivity contribution in [2.24, 2.45) is 0 Å². The molecule has 0 bridgehead atoms. The van der Waals surface area contributed by atoms with E-state index in [0.29, 0.717) is 4.90 Å². The lowest BCUT2D eigenvalue weighted by Gasteiger charge is -2.41. The standard InChI is InChI=1S/C26H27N3O3S/c1-4-20-5-7-21(8-6-20)28-17-14-23(15-18-28)29(25-19-27-16-13-26(25)32-2)22-9-11-24(12-10-22)33(3,30)31/h1,5-13,16,19,23H,14-15,17-18H2,2-3H3. The molecule has 1 aliphatic rings. The SMILES string of the molecule is C#Cc1ccc(N2CCC(N(c3ccc(S(C)(=O)=O)cc3)c3cnccc3OC)CC2)cc1. The molecule has 0 spiro atoms. The first-order chi connectivity index (χ1) is 15.9. The summed E-state index contributed by atoms with van der Waals surface area (Å²) in [6.45, 7) is 1.78. The van der Waals surface area contributed by atoms with E-state index in [1.54, 1.807) is 31.6 Å². The smallest absolute Gasteiger partial charge is 0.175 e. The number of nitrogens with zero attached hydrogens (tertiary/aromatic N) is 3. The summed E-state index contributed by atoms with van der Waals surface area (Å²) in [6, 6.07) is 17.1. The first-order valence-electron chi connectivity index (χ1n) is 10.8. The minimum absolute atomic E-state index is 0.202. The van der Waals surface area contributed by atoms with E-state index < -0.39 is 9.84 Å². The summed E-state index contributed by atoms with van der Waals surface area (Å²) in [4.78, 5) is 9.21. The Morgan fingerprint density at radius 2 is 1.73 bits per heavy atom. The Balaban J connectivity index is 1.62. The van der Waals surface area contributed by atoms with Gasteiger partial charge in [-0.25, -0.2) is 8.42 Å². The Hall–Kier alpha value is -3.50. The minimum atomic E-state index is -3.27. The first kappa shape index (κ1) is 22.7. The van der Waals surface area contributed by atoms with Crippen molar-refractivity contribution < 1.29 is 13.2 Å². The van der Waals surface area contributed by atoms with Crippen molar-refractivity contribution in [1.29, 1.82) is 0 Å². The van der Waals surface area contributed by atoms with E-state index in [-0.39, 0.29) is 6.04 Å². The predicted octanol–water partition coefficient (Wildman–Crippen LogP) is 4.28. The molecule has 0 atom stereocenters. The van der Waals surface area contributed by atoms with Crippen molar-refractivity contribution in [2.45, 2.75) is 23.8 Å². The van der Waals surface area contributed by atoms with Gasteiger partial charge < -0.3 is 14.5 Å². The zero-order valence-corrected chi connectivity index (χ0v) is 19.6. The summed E-state index contributed by atoms with van der Waals surface area (Å²) < 4.78 is 29.5. The van der Waals surface area contributed by atoms with Crippen LogP contribution in [0.5, 0.6) is 5.75 Å². The Labute approximate surface area is 195 Å². The van der Waals surface area contributed by atoms with Gasteiger partial charge in [0.05, 0.1) is 18.2 Å². The second-order valence-corrected chi connectivity index (χ2v) is 10.1. The second-order valence-electron chi connectivity index (χ2n) is 8.09. The first-order valence-corrected chi connectivity index (χ1v) is 12.7. The molecule has 0 amide bonds. The number of methoxy groups -OCH3 is 1. The quantitative estimate of drug-likeness (QED) is 0.511. The summed E-state index contributed by atoms with van der Waals surface area (Å²) in [5.41, 5.74) is 3.81. The number of terminal acetylenes is 1. The van der Waals surface area contributed by atoms with Crippen molar-refractivity contribution in [2.75, 3.05) is 36.3 Å².